The van der Waals surface area contributed by atoms with Gasteiger partial charge in [-0.15, -0.1) is 0 Å². The first-order valence-corrected chi connectivity index (χ1v) is 11.6. The molecule has 2 unspecified atom stereocenters. The van der Waals surface area contributed by atoms with Crippen molar-refractivity contribution in [1.29, 1.82) is 0 Å². The zero-order valence-corrected chi connectivity index (χ0v) is 18.5. The largest absolute Gasteiger partial charge is 0.479 e. The Morgan fingerprint density at radius 1 is 1.16 bits per heavy atom. The van der Waals surface area contributed by atoms with Crippen LogP contribution in [0.2, 0.25) is 0 Å². The van der Waals surface area contributed by atoms with E-state index in [2.05, 4.69) is 10.6 Å². The lowest BCUT2D eigenvalue weighted by atomic mass is 10.1. The van der Waals surface area contributed by atoms with Crippen LogP contribution in [0.3, 0.4) is 0 Å². The Labute approximate surface area is 181 Å². The van der Waals surface area contributed by atoms with Crippen LogP contribution in [-0.2, 0) is 19.6 Å². The maximum absolute atomic E-state index is 13.3. The van der Waals surface area contributed by atoms with E-state index in [1.807, 2.05) is 26.0 Å². The van der Waals surface area contributed by atoms with E-state index in [-0.39, 0.29) is 23.3 Å². The number of carbonyl (C=O) groups is 2. The van der Waals surface area contributed by atoms with Gasteiger partial charge in [0.1, 0.15) is 11.8 Å². The van der Waals surface area contributed by atoms with Crippen molar-refractivity contribution >= 4 is 33.2 Å². The quantitative estimate of drug-likeness (QED) is 0.756. The lowest BCUT2D eigenvalue weighted by Gasteiger charge is -2.26. The van der Waals surface area contributed by atoms with Crippen LogP contribution in [0.1, 0.15) is 30.9 Å². The Morgan fingerprint density at radius 2 is 1.94 bits per heavy atom. The molecule has 2 aliphatic rings. The molecule has 2 amide bonds. The zero-order chi connectivity index (χ0) is 22.3. The number of amides is 2. The molecule has 31 heavy (non-hydrogen) atoms. The average molecular weight is 444 g/mol. The van der Waals surface area contributed by atoms with Gasteiger partial charge in [0.2, 0.25) is 15.9 Å². The number of nitrogens with one attached hydrogen (secondary N) is 2. The van der Waals surface area contributed by atoms with Crippen molar-refractivity contribution in [2.75, 3.05) is 17.2 Å². The van der Waals surface area contributed by atoms with Crippen molar-refractivity contribution in [3.63, 3.8) is 0 Å². The van der Waals surface area contributed by atoms with Crippen LogP contribution in [0, 0.1) is 13.8 Å². The summed E-state index contributed by atoms with van der Waals surface area (Å²) in [6.45, 7) is 5.81. The van der Waals surface area contributed by atoms with Gasteiger partial charge in [-0.05, 0) is 75.1 Å². The predicted molar refractivity (Wildman–Crippen MR) is 117 cm³/mol. The minimum absolute atomic E-state index is 0.00980. The maximum Gasteiger partial charge on any atom is 0.265 e. The number of ether oxygens (including phenoxy) is 1. The molecule has 1 saturated heterocycles. The Bertz CT molecular complexity index is 1160. The standard InChI is InChI=1S/C22H25N3O5S/c1-13-6-7-16(11-14(13)2)23-22(27)19-5-4-10-25(19)31(28,29)17-8-9-20-18(12-17)24-21(26)15(3)30-20/h6-9,11-12,15,19H,4-5,10H2,1-3H3,(H,23,27)(H,24,26). The van der Waals surface area contributed by atoms with Crippen LogP contribution in [0.15, 0.2) is 41.3 Å². The van der Waals surface area contributed by atoms with Gasteiger partial charge in [0, 0.05) is 12.2 Å². The molecule has 2 aliphatic heterocycles. The molecule has 0 bridgehead atoms. The highest BCUT2D eigenvalue weighted by molar-refractivity contribution is 7.89. The van der Waals surface area contributed by atoms with Crippen LogP contribution in [-0.4, -0.2) is 43.2 Å². The summed E-state index contributed by atoms with van der Waals surface area (Å²) in [6, 6.07) is 9.14. The van der Waals surface area contributed by atoms with Crippen molar-refractivity contribution in [2.45, 2.75) is 50.7 Å². The Kier molecular flexibility index (Phi) is 5.49. The number of aryl methyl sites for hydroxylation is 2. The number of carbonyl (C=O) groups excluding carboxylic acids is 2. The third-order valence-electron chi connectivity index (χ3n) is 5.77. The second-order valence-corrected chi connectivity index (χ2v) is 9.86. The van der Waals surface area contributed by atoms with Crippen molar-refractivity contribution in [2.24, 2.45) is 0 Å². The molecular weight excluding hydrogens is 418 g/mol. The first-order chi connectivity index (χ1) is 14.7. The monoisotopic (exact) mass is 443 g/mol. The van der Waals surface area contributed by atoms with Crippen molar-refractivity contribution < 1.29 is 22.7 Å². The van der Waals surface area contributed by atoms with Gasteiger partial charge in [-0.1, -0.05) is 6.07 Å². The van der Waals surface area contributed by atoms with E-state index in [9.17, 15) is 18.0 Å². The van der Waals surface area contributed by atoms with Gasteiger partial charge in [0.25, 0.3) is 5.91 Å². The lowest BCUT2D eigenvalue weighted by molar-refractivity contribution is -0.122. The molecule has 0 radical (unpaired) electrons. The molecule has 0 saturated carbocycles. The van der Waals surface area contributed by atoms with Crippen LogP contribution in [0.5, 0.6) is 5.75 Å². The number of benzene rings is 2. The highest BCUT2D eigenvalue weighted by atomic mass is 32.2. The minimum atomic E-state index is -3.94. The van der Waals surface area contributed by atoms with Crippen molar-refractivity contribution in [3.05, 3.63) is 47.5 Å². The van der Waals surface area contributed by atoms with E-state index in [1.165, 1.54) is 22.5 Å². The first kappa shape index (κ1) is 21.3. The Morgan fingerprint density at radius 3 is 2.68 bits per heavy atom. The summed E-state index contributed by atoms with van der Waals surface area (Å²) in [6.07, 6.45) is 0.386. The fourth-order valence-corrected chi connectivity index (χ4v) is 5.50. The predicted octanol–water partition coefficient (Wildman–Crippen LogP) is 2.81. The van der Waals surface area contributed by atoms with E-state index >= 15 is 0 Å². The topological polar surface area (TPSA) is 105 Å². The molecule has 0 aliphatic carbocycles. The maximum atomic E-state index is 13.3. The molecular formula is C22H25N3O5S. The average Bonchev–Trinajstić information content (AvgIpc) is 3.22. The number of hydrogen-bond acceptors (Lipinski definition) is 5. The number of fused-ring (bicyclic) bond motifs is 1. The molecule has 2 aromatic rings. The summed E-state index contributed by atoms with van der Waals surface area (Å²) >= 11 is 0. The second kappa shape index (κ2) is 7.97. The number of rotatable bonds is 4. The Hall–Kier alpha value is -2.91. The van der Waals surface area contributed by atoms with E-state index in [0.29, 0.717) is 30.0 Å². The normalized spacial score (nSPS) is 21.2. The van der Waals surface area contributed by atoms with Crippen molar-refractivity contribution in [1.82, 2.24) is 4.31 Å². The van der Waals surface area contributed by atoms with Crippen LogP contribution in [0.25, 0.3) is 0 Å². The van der Waals surface area contributed by atoms with Gasteiger partial charge in [0.15, 0.2) is 6.10 Å². The van der Waals surface area contributed by atoms with E-state index in [0.717, 1.165) is 11.1 Å². The molecule has 2 heterocycles. The highest BCUT2D eigenvalue weighted by Gasteiger charge is 2.40. The lowest BCUT2D eigenvalue weighted by Crippen LogP contribution is -2.43. The summed E-state index contributed by atoms with van der Waals surface area (Å²) in [7, 11) is -3.94. The Balaban J connectivity index is 1.57. The SMILES string of the molecule is Cc1ccc(NC(=O)C2CCCN2S(=O)(=O)c2ccc3c(c2)NC(=O)C(C)O3)cc1C. The molecule has 2 aromatic carbocycles. The van der Waals surface area contributed by atoms with E-state index in [1.54, 1.807) is 13.0 Å². The smallest absolute Gasteiger partial charge is 0.265 e. The third-order valence-corrected chi connectivity index (χ3v) is 7.67. The number of hydrogen-bond donors (Lipinski definition) is 2. The minimum Gasteiger partial charge on any atom is -0.479 e. The van der Waals surface area contributed by atoms with Gasteiger partial charge in [-0.25, -0.2) is 8.42 Å². The second-order valence-electron chi connectivity index (χ2n) is 7.97. The molecule has 0 spiro atoms. The van der Waals surface area contributed by atoms with Crippen LogP contribution >= 0.6 is 0 Å². The molecule has 4 rings (SSSR count). The summed E-state index contributed by atoms with van der Waals surface area (Å²) in [4.78, 5) is 24.8. The third kappa shape index (κ3) is 4.03. The van der Waals surface area contributed by atoms with Gasteiger partial charge in [-0.3, -0.25) is 9.59 Å². The zero-order valence-electron chi connectivity index (χ0n) is 17.6. The molecule has 9 heteroatoms. The van der Waals surface area contributed by atoms with Gasteiger partial charge in [0.05, 0.1) is 10.6 Å². The molecule has 2 atom stereocenters. The summed E-state index contributed by atoms with van der Waals surface area (Å²) in [5, 5.41) is 5.51. The fraction of sp³-hybridized carbons (Fsp3) is 0.364. The summed E-state index contributed by atoms with van der Waals surface area (Å²) in [5.74, 6) is -0.280. The molecule has 164 valence electrons. The highest BCUT2D eigenvalue weighted by Crippen LogP contribution is 2.34. The van der Waals surface area contributed by atoms with Crippen LogP contribution < -0.4 is 15.4 Å². The van der Waals surface area contributed by atoms with Crippen LogP contribution in [0.4, 0.5) is 11.4 Å². The summed E-state index contributed by atoms with van der Waals surface area (Å²) in [5.41, 5.74) is 3.10. The summed E-state index contributed by atoms with van der Waals surface area (Å²) < 4.78 is 33.4. The number of anilines is 2. The van der Waals surface area contributed by atoms with Gasteiger partial charge >= 0.3 is 0 Å². The van der Waals surface area contributed by atoms with E-state index < -0.39 is 22.2 Å². The van der Waals surface area contributed by atoms with Crippen molar-refractivity contribution in [3.8, 4) is 5.75 Å². The van der Waals surface area contributed by atoms with E-state index in [4.69, 9.17) is 4.74 Å². The molecule has 1 fully saturated rings. The molecule has 8 nitrogen and oxygen atoms in total. The van der Waals surface area contributed by atoms with Gasteiger partial charge < -0.3 is 15.4 Å². The molecule has 0 aromatic heterocycles. The molecule has 2 N–H and O–H groups in total. The first-order valence-electron chi connectivity index (χ1n) is 10.2. The number of nitrogens with zero attached hydrogens (tertiary/aromatic N) is 1. The van der Waals surface area contributed by atoms with Gasteiger partial charge in [-0.2, -0.15) is 4.31 Å². The fourth-order valence-electron chi connectivity index (χ4n) is 3.82. The number of sulfonamides is 1.